The van der Waals surface area contributed by atoms with Gasteiger partial charge in [-0.1, -0.05) is 32.0 Å². The fourth-order valence-corrected chi connectivity index (χ4v) is 0.896. The van der Waals surface area contributed by atoms with Crippen LogP contribution in [0.25, 0.3) is 0 Å². The molecule has 0 aromatic heterocycles. The molecule has 70 valence electrons. The van der Waals surface area contributed by atoms with Crippen LogP contribution in [0.4, 0.5) is 5.69 Å². The number of nitrogens with one attached hydrogen (secondary N) is 1. The molecule has 2 heteroatoms. The highest BCUT2D eigenvalue weighted by Gasteiger charge is 1.88. The SMILES string of the molecule is CC(C)C/C=N/Nc1ccccc1. The maximum Gasteiger partial charge on any atom is 0.0561 e. The van der Waals surface area contributed by atoms with Crippen molar-refractivity contribution < 1.29 is 0 Å². The fraction of sp³-hybridized carbons (Fsp3) is 0.364. The smallest absolute Gasteiger partial charge is 0.0561 e. The fourth-order valence-electron chi connectivity index (χ4n) is 0.896. The normalized spacial score (nSPS) is 11.0. The molecule has 1 aromatic rings. The van der Waals surface area contributed by atoms with E-state index in [0.717, 1.165) is 12.1 Å². The standard InChI is InChI=1S/C11H16N2/c1-10(2)8-9-12-13-11-6-4-3-5-7-11/h3-7,9-10,13H,8H2,1-2H3/b12-9+. The molecule has 0 heterocycles. The summed E-state index contributed by atoms with van der Waals surface area (Å²) in [5, 5.41) is 4.11. The lowest BCUT2D eigenvalue weighted by Crippen LogP contribution is -1.92. The summed E-state index contributed by atoms with van der Waals surface area (Å²) in [6.45, 7) is 4.35. The molecule has 0 spiro atoms. The van der Waals surface area contributed by atoms with Crippen LogP contribution >= 0.6 is 0 Å². The molecule has 2 nitrogen and oxygen atoms in total. The van der Waals surface area contributed by atoms with Crippen molar-refractivity contribution >= 4 is 11.9 Å². The zero-order valence-corrected chi connectivity index (χ0v) is 8.20. The summed E-state index contributed by atoms with van der Waals surface area (Å²) in [5.41, 5.74) is 4.00. The molecule has 0 fully saturated rings. The van der Waals surface area contributed by atoms with E-state index in [2.05, 4.69) is 24.4 Å². The van der Waals surface area contributed by atoms with Gasteiger partial charge in [-0.3, -0.25) is 5.43 Å². The maximum absolute atomic E-state index is 4.11. The van der Waals surface area contributed by atoms with Crippen molar-refractivity contribution in [2.45, 2.75) is 20.3 Å². The van der Waals surface area contributed by atoms with Gasteiger partial charge in [-0.15, -0.1) is 0 Å². The first kappa shape index (κ1) is 9.78. The molecular formula is C11H16N2. The van der Waals surface area contributed by atoms with Crippen LogP contribution in [0, 0.1) is 5.92 Å². The molecule has 0 atom stereocenters. The Bertz CT molecular complexity index is 252. The van der Waals surface area contributed by atoms with Crippen molar-refractivity contribution in [2.24, 2.45) is 11.0 Å². The summed E-state index contributed by atoms with van der Waals surface area (Å²) >= 11 is 0. The largest absolute Gasteiger partial charge is 0.279 e. The number of benzene rings is 1. The molecule has 0 saturated heterocycles. The van der Waals surface area contributed by atoms with Crippen molar-refractivity contribution in [2.75, 3.05) is 5.43 Å². The Balaban J connectivity index is 2.31. The average Bonchev–Trinajstić information content (AvgIpc) is 2.14. The van der Waals surface area contributed by atoms with E-state index in [4.69, 9.17) is 0 Å². The van der Waals surface area contributed by atoms with E-state index >= 15 is 0 Å². The van der Waals surface area contributed by atoms with Crippen molar-refractivity contribution in [3.8, 4) is 0 Å². The molecule has 0 bridgehead atoms. The van der Waals surface area contributed by atoms with Gasteiger partial charge in [-0.25, -0.2) is 0 Å². The number of rotatable bonds is 4. The van der Waals surface area contributed by atoms with Crippen LogP contribution in [-0.4, -0.2) is 6.21 Å². The maximum atomic E-state index is 4.11. The van der Waals surface area contributed by atoms with Gasteiger partial charge < -0.3 is 0 Å². The van der Waals surface area contributed by atoms with Crippen molar-refractivity contribution in [3.63, 3.8) is 0 Å². The molecule has 0 amide bonds. The Labute approximate surface area is 79.7 Å². The summed E-state index contributed by atoms with van der Waals surface area (Å²) in [4.78, 5) is 0. The Morgan fingerprint density at radius 2 is 2.00 bits per heavy atom. The van der Waals surface area contributed by atoms with Crippen LogP contribution in [0.2, 0.25) is 0 Å². The third-order valence-corrected chi connectivity index (χ3v) is 1.64. The second kappa shape index (κ2) is 5.36. The molecule has 0 radical (unpaired) electrons. The number of para-hydroxylation sites is 1. The van der Waals surface area contributed by atoms with Crippen molar-refractivity contribution in [3.05, 3.63) is 30.3 Å². The summed E-state index contributed by atoms with van der Waals surface area (Å²) in [6, 6.07) is 9.95. The predicted octanol–water partition coefficient (Wildman–Crippen LogP) is 3.13. The lowest BCUT2D eigenvalue weighted by Gasteiger charge is -1.99. The molecule has 0 unspecified atom stereocenters. The zero-order chi connectivity index (χ0) is 9.52. The summed E-state index contributed by atoms with van der Waals surface area (Å²) in [5.74, 6) is 0.668. The topological polar surface area (TPSA) is 24.4 Å². The molecule has 0 aliphatic carbocycles. The second-order valence-electron chi connectivity index (χ2n) is 3.42. The van der Waals surface area contributed by atoms with Gasteiger partial charge >= 0.3 is 0 Å². The lowest BCUT2D eigenvalue weighted by molar-refractivity contribution is 0.690. The molecule has 1 aromatic carbocycles. The molecular weight excluding hydrogens is 160 g/mol. The minimum atomic E-state index is 0.668. The monoisotopic (exact) mass is 176 g/mol. The van der Waals surface area contributed by atoms with Gasteiger partial charge in [0.15, 0.2) is 0 Å². The summed E-state index contributed by atoms with van der Waals surface area (Å²) < 4.78 is 0. The van der Waals surface area contributed by atoms with Crippen LogP contribution in [0.3, 0.4) is 0 Å². The number of hydrogen-bond donors (Lipinski definition) is 1. The number of hydrazone groups is 1. The van der Waals surface area contributed by atoms with Crippen LogP contribution in [-0.2, 0) is 0 Å². The van der Waals surface area contributed by atoms with E-state index < -0.39 is 0 Å². The Hall–Kier alpha value is -1.31. The highest BCUT2D eigenvalue weighted by molar-refractivity contribution is 5.59. The van der Waals surface area contributed by atoms with Crippen molar-refractivity contribution in [1.82, 2.24) is 0 Å². The number of anilines is 1. The quantitative estimate of drug-likeness (QED) is 0.553. The van der Waals surface area contributed by atoms with Crippen LogP contribution in [0.15, 0.2) is 35.4 Å². The molecule has 1 N–H and O–H groups in total. The van der Waals surface area contributed by atoms with Gasteiger partial charge in [0.1, 0.15) is 0 Å². The first-order chi connectivity index (χ1) is 6.29. The van der Waals surface area contributed by atoms with Gasteiger partial charge in [0.2, 0.25) is 0 Å². The molecule has 0 aliphatic rings. The van der Waals surface area contributed by atoms with E-state index in [9.17, 15) is 0 Å². The summed E-state index contributed by atoms with van der Waals surface area (Å²) in [7, 11) is 0. The summed E-state index contributed by atoms with van der Waals surface area (Å²) in [6.07, 6.45) is 2.93. The Morgan fingerprint density at radius 3 is 2.62 bits per heavy atom. The average molecular weight is 176 g/mol. The van der Waals surface area contributed by atoms with Gasteiger partial charge in [0.05, 0.1) is 5.69 Å². The minimum Gasteiger partial charge on any atom is -0.279 e. The van der Waals surface area contributed by atoms with Crippen LogP contribution in [0.1, 0.15) is 20.3 Å². The van der Waals surface area contributed by atoms with Gasteiger partial charge in [-0.2, -0.15) is 5.10 Å². The van der Waals surface area contributed by atoms with Crippen LogP contribution in [0.5, 0.6) is 0 Å². The highest BCUT2D eigenvalue weighted by Crippen LogP contribution is 2.04. The second-order valence-corrected chi connectivity index (χ2v) is 3.42. The number of hydrogen-bond acceptors (Lipinski definition) is 2. The highest BCUT2D eigenvalue weighted by atomic mass is 15.3. The molecule has 0 aliphatic heterocycles. The zero-order valence-electron chi connectivity index (χ0n) is 8.20. The molecule has 0 saturated carbocycles. The minimum absolute atomic E-state index is 0.668. The third-order valence-electron chi connectivity index (χ3n) is 1.64. The Morgan fingerprint density at radius 1 is 1.31 bits per heavy atom. The van der Waals surface area contributed by atoms with E-state index in [0.29, 0.717) is 5.92 Å². The van der Waals surface area contributed by atoms with E-state index in [1.54, 1.807) is 0 Å². The first-order valence-electron chi connectivity index (χ1n) is 4.61. The predicted molar refractivity (Wildman–Crippen MR) is 58.0 cm³/mol. The third kappa shape index (κ3) is 4.31. The first-order valence-corrected chi connectivity index (χ1v) is 4.61. The molecule has 13 heavy (non-hydrogen) atoms. The van der Waals surface area contributed by atoms with Gasteiger partial charge in [0.25, 0.3) is 0 Å². The van der Waals surface area contributed by atoms with Crippen molar-refractivity contribution in [1.29, 1.82) is 0 Å². The van der Waals surface area contributed by atoms with Gasteiger partial charge in [0, 0.05) is 6.21 Å². The van der Waals surface area contributed by atoms with Gasteiger partial charge in [-0.05, 0) is 24.5 Å². The van der Waals surface area contributed by atoms with E-state index in [1.165, 1.54) is 0 Å². The van der Waals surface area contributed by atoms with Crippen LogP contribution < -0.4 is 5.43 Å². The Kier molecular flexibility index (Phi) is 4.03. The number of nitrogens with zero attached hydrogens (tertiary/aromatic N) is 1. The van der Waals surface area contributed by atoms with E-state index in [1.807, 2.05) is 36.5 Å². The van der Waals surface area contributed by atoms with E-state index in [-0.39, 0.29) is 0 Å². The molecule has 1 rings (SSSR count). The lowest BCUT2D eigenvalue weighted by atomic mass is 10.2.